The summed E-state index contributed by atoms with van der Waals surface area (Å²) < 4.78 is 10.4. The molecule has 2 rings (SSSR count). The van der Waals surface area contributed by atoms with Crippen molar-refractivity contribution in [3.05, 3.63) is 0 Å². The van der Waals surface area contributed by atoms with Crippen LogP contribution in [-0.4, -0.2) is 81.2 Å². The topological polar surface area (TPSA) is 96.4 Å². The lowest BCUT2D eigenvalue weighted by Crippen LogP contribution is -2.41. The molecule has 2 aliphatic heterocycles. The van der Waals surface area contributed by atoms with E-state index in [0.717, 1.165) is 17.7 Å². The number of carbonyl (C=O) groups is 3. The van der Waals surface area contributed by atoms with Crippen LogP contribution in [0.15, 0.2) is 0 Å². The van der Waals surface area contributed by atoms with Gasteiger partial charge < -0.3 is 24.4 Å². The van der Waals surface area contributed by atoms with Crippen LogP contribution < -0.4 is 0 Å². The number of ether oxygens (including phenoxy) is 2. The third kappa shape index (κ3) is 18.7. The average molecular weight is 509 g/mol. The molecule has 0 aromatic rings. The van der Waals surface area contributed by atoms with Crippen molar-refractivity contribution >= 4 is 48.5 Å². The number of thiocarbonyl (C=S) groups is 1. The summed E-state index contributed by atoms with van der Waals surface area (Å²) in [5, 5.41) is 8.06. The molecular weight excluding hydrogens is 464 g/mol. The third-order valence-electron chi connectivity index (χ3n) is 3.95. The molecular formula is C23H44N2O6S2. The van der Waals surface area contributed by atoms with Crippen molar-refractivity contribution in [1.29, 1.82) is 0 Å². The summed E-state index contributed by atoms with van der Waals surface area (Å²) in [6.45, 7) is 17.0. The number of amides is 2. The van der Waals surface area contributed by atoms with Crippen molar-refractivity contribution in [1.82, 2.24) is 9.80 Å². The van der Waals surface area contributed by atoms with Gasteiger partial charge in [-0.3, -0.25) is 4.79 Å². The van der Waals surface area contributed by atoms with Crippen LogP contribution in [0.25, 0.3) is 0 Å². The average Bonchev–Trinajstić information content (AvgIpc) is 2.60. The predicted octanol–water partition coefficient (Wildman–Crippen LogP) is 4.47. The van der Waals surface area contributed by atoms with Crippen LogP contribution in [0.4, 0.5) is 9.59 Å². The zero-order valence-corrected chi connectivity index (χ0v) is 23.3. The fourth-order valence-corrected chi connectivity index (χ4v) is 2.71. The Labute approximate surface area is 211 Å². The summed E-state index contributed by atoms with van der Waals surface area (Å²) in [6.07, 6.45) is 1.87. The lowest BCUT2D eigenvalue weighted by Gasteiger charge is -2.30. The normalized spacial score (nSPS) is 16.5. The van der Waals surface area contributed by atoms with Crippen molar-refractivity contribution < 1.29 is 29.0 Å². The molecule has 0 aromatic heterocycles. The number of aliphatic hydroxyl groups is 1. The van der Waals surface area contributed by atoms with Crippen LogP contribution >= 0.6 is 25.7 Å². The monoisotopic (exact) mass is 508 g/mol. The van der Waals surface area contributed by atoms with Gasteiger partial charge in [0.05, 0.1) is 0 Å². The molecule has 8 nitrogen and oxygen atoms in total. The minimum Gasteiger partial charge on any atom is -0.444 e. The zero-order chi connectivity index (χ0) is 25.1. The van der Waals surface area contributed by atoms with E-state index < -0.39 is 11.2 Å². The molecule has 2 saturated heterocycles. The van der Waals surface area contributed by atoms with Gasteiger partial charge in [-0.25, -0.2) is 9.59 Å². The maximum Gasteiger partial charge on any atom is 0.410 e. The summed E-state index contributed by atoms with van der Waals surface area (Å²) in [6, 6.07) is 0. The molecule has 2 amide bonds. The molecule has 2 fully saturated rings. The van der Waals surface area contributed by atoms with E-state index >= 15 is 0 Å². The molecule has 0 bridgehead atoms. The Morgan fingerprint density at radius 1 is 0.818 bits per heavy atom. The van der Waals surface area contributed by atoms with Crippen LogP contribution in [-0.2, 0) is 14.3 Å². The summed E-state index contributed by atoms with van der Waals surface area (Å²) >= 11 is 5.08. The Hall–Kier alpha value is -1.39. The van der Waals surface area contributed by atoms with E-state index in [9.17, 15) is 14.4 Å². The first kappa shape index (κ1) is 33.8. The molecule has 0 unspecified atom stereocenters. The molecule has 0 spiro atoms. The first-order chi connectivity index (χ1) is 14.5. The molecule has 194 valence electrons. The SMILES string of the molecule is CC(C)(C)OC(=O)N1CCC(=O)CC1.CC(C)(C)OC(=O)N1CCC(=S)CC1.CC(C)O.S. The van der Waals surface area contributed by atoms with Crippen molar-refractivity contribution in [3.8, 4) is 0 Å². The Balaban J connectivity index is 0. The Bertz CT molecular complexity index is 567. The fourth-order valence-electron chi connectivity index (χ4n) is 2.53. The molecule has 1 N–H and O–H groups in total. The van der Waals surface area contributed by atoms with E-state index in [-0.39, 0.29) is 37.6 Å². The summed E-state index contributed by atoms with van der Waals surface area (Å²) in [5.74, 6) is 0.227. The van der Waals surface area contributed by atoms with Crippen LogP contribution in [0.2, 0.25) is 0 Å². The van der Waals surface area contributed by atoms with Crippen molar-refractivity contribution in [3.63, 3.8) is 0 Å². The maximum absolute atomic E-state index is 11.6. The van der Waals surface area contributed by atoms with E-state index in [2.05, 4.69) is 0 Å². The Morgan fingerprint density at radius 3 is 1.36 bits per heavy atom. The van der Waals surface area contributed by atoms with Crippen LogP contribution in [0.1, 0.15) is 81.1 Å². The number of hydrogen-bond donors (Lipinski definition) is 1. The zero-order valence-electron chi connectivity index (χ0n) is 21.5. The van der Waals surface area contributed by atoms with Gasteiger partial charge in [0.2, 0.25) is 0 Å². The van der Waals surface area contributed by atoms with Gasteiger partial charge in [-0.05, 0) is 73.1 Å². The van der Waals surface area contributed by atoms with Gasteiger partial charge in [-0.2, -0.15) is 13.5 Å². The second kappa shape index (κ2) is 15.5. The third-order valence-corrected chi connectivity index (χ3v) is 4.35. The van der Waals surface area contributed by atoms with Crippen LogP contribution in [0.3, 0.4) is 0 Å². The van der Waals surface area contributed by atoms with E-state index in [4.69, 9.17) is 26.8 Å². The van der Waals surface area contributed by atoms with Gasteiger partial charge in [-0.15, -0.1) is 0 Å². The number of carbonyl (C=O) groups excluding carboxylic acids is 3. The lowest BCUT2D eigenvalue weighted by atomic mass is 10.1. The molecule has 33 heavy (non-hydrogen) atoms. The number of rotatable bonds is 0. The van der Waals surface area contributed by atoms with E-state index in [1.807, 2.05) is 41.5 Å². The molecule has 0 aliphatic carbocycles. The predicted molar refractivity (Wildman–Crippen MR) is 139 cm³/mol. The van der Waals surface area contributed by atoms with Crippen molar-refractivity contribution in [2.45, 2.75) is 98.4 Å². The molecule has 2 aliphatic rings. The van der Waals surface area contributed by atoms with Gasteiger partial charge >= 0.3 is 12.2 Å². The highest BCUT2D eigenvalue weighted by atomic mass is 32.1. The number of piperidine rings is 2. The van der Waals surface area contributed by atoms with Crippen molar-refractivity contribution in [2.75, 3.05) is 26.2 Å². The van der Waals surface area contributed by atoms with E-state index in [0.29, 0.717) is 39.0 Å². The minimum absolute atomic E-state index is 0. The molecule has 0 radical (unpaired) electrons. The highest BCUT2D eigenvalue weighted by Gasteiger charge is 2.26. The molecule has 0 saturated carbocycles. The van der Waals surface area contributed by atoms with E-state index in [1.165, 1.54) is 0 Å². The minimum atomic E-state index is -0.460. The summed E-state index contributed by atoms with van der Waals surface area (Å²) in [5.41, 5.74) is -0.867. The second-order valence-electron chi connectivity index (χ2n) is 10.1. The fraction of sp³-hybridized carbons (Fsp3) is 0.826. The van der Waals surface area contributed by atoms with Gasteiger partial charge in [0.1, 0.15) is 17.0 Å². The number of likely N-dealkylation sites (tertiary alicyclic amines) is 2. The van der Waals surface area contributed by atoms with Gasteiger partial charge in [-0.1, -0.05) is 12.2 Å². The molecule has 10 heteroatoms. The highest BCUT2D eigenvalue weighted by Crippen LogP contribution is 2.14. The Morgan fingerprint density at radius 2 is 1.09 bits per heavy atom. The van der Waals surface area contributed by atoms with Crippen LogP contribution in [0, 0.1) is 0 Å². The number of ketones is 1. The quantitative estimate of drug-likeness (QED) is 0.482. The maximum atomic E-state index is 11.6. The summed E-state index contributed by atoms with van der Waals surface area (Å²) in [4.78, 5) is 38.4. The smallest absolute Gasteiger partial charge is 0.410 e. The molecule has 0 aromatic carbocycles. The molecule has 2 heterocycles. The second-order valence-corrected chi connectivity index (χ2v) is 10.7. The number of aliphatic hydroxyl groups excluding tert-OH is 1. The summed E-state index contributed by atoms with van der Waals surface area (Å²) in [7, 11) is 0. The van der Waals surface area contributed by atoms with E-state index in [1.54, 1.807) is 23.6 Å². The first-order valence-corrected chi connectivity index (χ1v) is 11.6. The number of hydrogen-bond acceptors (Lipinski definition) is 7. The van der Waals surface area contributed by atoms with Crippen molar-refractivity contribution in [2.24, 2.45) is 0 Å². The lowest BCUT2D eigenvalue weighted by molar-refractivity contribution is -0.121. The number of nitrogens with zero attached hydrogens (tertiary/aromatic N) is 2. The Kier molecular flexibility index (Phi) is 15.9. The largest absolute Gasteiger partial charge is 0.444 e. The number of Topliss-reactive ketones (excluding diaryl/α,β-unsaturated/α-hetero) is 1. The molecule has 0 atom stereocenters. The van der Waals surface area contributed by atoms with Gasteiger partial charge in [0.25, 0.3) is 0 Å². The van der Waals surface area contributed by atoms with Crippen LogP contribution in [0.5, 0.6) is 0 Å². The standard InChI is InChI=1S/C10H17NO3.C10H17NO2S.C3H8O.H2S/c1-10(2,3)14-9(13)11-6-4-8(12)5-7-11;1-10(2,3)13-9(12)11-6-4-8(14)5-7-11;1-3(2)4;/h2*4-7H2,1-3H3;3-4H,1-2H3;1H2. The van der Waals surface area contributed by atoms with Gasteiger partial charge in [0, 0.05) is 45.1 Å². The highest BCUT2D eigenvalue weighted by molar-refractivity contribution is 7.80. The first-order valence-electron chi connectivity index (χ1n) is 11.2. The van der Waals surface area contributed by atoms with Gasteiger partial charge in [0.15, 0.2) is 0 Å².